The van der Waals surface area contributed by atoms with Gasteiger partial charge in [-0.3, -0.25) is 4.79 Å². The number of rotatable bonds is 11. The zero-order valence-corrected chi connectivity index (χ0v) is 14.8. The zero-order chi connectivity index (χ0) is 24.6. The molecule has 30 heavy (non-hydrogen) atoms. The van der Waals surface area contributed by atoms with Gasteiger partial charge in [0, 0.05) is 6.42 Å². The molecular formula is C11H9F13O5S. The summed E-state index contributed by atoms with van der Waals surface area (Å²) in [5.41, 5.74) is 0. The molecule has 0 rings (SSSR count). The van der Waals surface area contributed by atoms with Crippen molar-refractivity contribution in [2.24, 2.45) is 0 Å². The summed E-state index contributed by atoms with van der Waals surface area (Å²) >= 11 is 0. The standard InChI is InChI=1S/C11H9F13O5S/c1-2-28-5(25)3-4-6(12,13)7(14,15)8(16,17)9(18,19)29-10(20,21)11(22,23)30(24,26)27/h2-4H2,1H3. The molecule has 0 radical (unpaired) electrons. The van der Waals surface area contributed by atoms with Gasteiger partial charge in [-0.15, -0.1) is 0 Å². The third-order valence-electron chi connectivity index (χ3n) is 3.07. The Balaban J connectivity index is 5.98. The van der Waals surface area contributed by atoms with Crippen LogP contribution in [0.15, 0.2) is 0 Å². The Bertz CT molecular complexity index is 734. The predicted molar refractivity (Wildman–Crippen MR) is 66.7 cm³/mol. The first-order valence-electron chi connectivity index (χ1n) is 6.98. The molecule has 0 heterocycles. The van der Waals surface area contributed by atoms with Crippen molar-refractivity contribution >= 4 is 16.2 Å². The molecule has 0 aliphatic carbocycles. The van der Waals surface area contributed by atoms with Crippen LogP contribution in [-0.4, -0.2) is 56.2 Å². The van der Waals surface area contributed by atoms with E-state index >= 15 is 0 Å². The summed E-state index contributed by atoms with van der Waals surface area (Å²) in [6, 6.07) is 0. The first kappa shape index (κ1) is 28.5. The first-order valence-corrected chi connectivity index (χ1v) is 8.36. The Morgan fingerprint density at radius 3 is 1.60 bits per heavy atom. The van der Waals surface area contributed by atoms with Gasteiger partial charge >= 0.3 is 51.4 Å². The number of alkyl halides is 12. The molecule has 0 saturated heterocycles. The lowest BCUT2D eigenvalue weighted by Crippen LogP contribution is -2.65. The number of carbonyl (C=O) groups excluding carboxylic acids is 1. The Hall–Kier alpha value is -1.53. The Labute approximate surface area is 158 Å². The fourth-order valence-corrected chi connectivity index (χ4v) is 1.81. The second-order valence-electron chi connectivity index (χ2n) is 5.25. The van der Waals surface area contributed by atoms with Crippen molar-refractivity contribution in [2.75, 3.05) is 6.61 Å². The molecule has 0 bridgehead atoms. The van der Waals surface area contributed by atoms with Crippen molar-refractivity contribution in [1.29, 1.82) is 0 Å². The van der Waals surface area contributed by atoms with E-state index in [2.05, 4.69) is 4.74 Å². The molecule has 5 nitrogen and oxygen atoms in total. The normalized spacial score (nSPS) is 15.3. The van der Waals surface area contributed by atoms with E-state index in [1.54, 1.807) is 0 Å². The highest BCUT2D eigenvalue weighted by molar-refractivity contribution is 7.87. The van der Waals surface area contributed by atoms with Gasteiger partial charge in [-0.25, -0.2) is 4.74 Å². The van der Waals surface area contributed by atoms with Crippen LogP contribution in [-0.2, 0) is 24.5 Å². The van der Waals surface area contributed by atoms with Crippen LogP contribution in [0.25, 0.3) is 0 Å². The molecule has 0 spiro atoms. The minimum Gasteiger partial charge on any atom is -0.466 e. The van der Waals surface area contributed by atoms with Gasteiger partial charge in [-0.2, -0.15) is 61.1 Å². The quantitative estimate of drug-likeness (QED) is 0.240. The molecule has 0 aliphatic rings. The van der Waals surface area contributed by atoms with Crippen LogP contribution in [0.4, 0.5) is 56.6 Å². The van der Waals surface area contributed by atoms with Gasteiger partial charge in [-0.1, -0.05) is 3.89 Å². The molecule has 0 aromatic heterocycles. The Morgan fingerprint density at radius 1 is 0.800 bits per heavy atom. The topological polar surface area (TPSA) is 69.7 Å². The molecule has 0 atom stereocenters. The van der Waals surface area contributed by atoms with Crippen molar-refractivity contribution in [1.82, 2.24) is 0 Å². The molecule has 0 aromatic carbocycles. The number of halogens is 13. The molecule has 0 unspecified atom stereocenters. The summed E-state index contributed by atoms with van der Waals surface area (Å²) in [5, 5.41) is -7.30. The average molecular weight is 500 g/mol. The van der Waals surface area contributed by atoms with E-state index in [9.17, 15) is 69.8 Å². The molecular weight excluding hydrogens is 491 g/mol. The van der Waals surface area contributed by atoms with Crippen molar-refractivity contribution in [3.8, 4) is 0 Å². The van der Waals surface area contributed by atoms with Gasteiger partial charge < -0.3 is 4.74 Å². The van der Waals surface area contributed by atoms with Crippen molar-refractivity contribution < 1.29 is 79.3 Å². The zero-order valence-electron chi connectivity index (χ0n) is 14.0. The molecule has 0 N–H and O–H groups in total. The fourth-order valence-electron chi connectivity index (χ4n) is 1.49. The van der Waals surface area contributed by atoms with E-state index < -0.39 is 70.9 Å². The monoisotopic (exact) mass is 500 g/mol. The van der Waals surface area contributed by atoms with E-state index in [1.165, 1.54) is 4.74 Å². The molecule has 0 fully saturated rings. The highest BCUT2D eigenvalue weighted by atomic mass is 32.3. The summed E-state index contributed by atoms with van der Waals surface area (Å²) in [6.45, 7) is 0.605. The lowest BCUT2D eigenvalue weighted by Gasteiger charge is -2.37. The molecule has 0 aromatic rings. The summed E-state index contributed by atoms with van der Waals surface area (Å²) in [4.78, 5) is 10.8. The second-order valence-corrected chi connectivity index (χ2v) is 6.64. The van der Waals surface area contributed by atoms with Crippen LogP contribution in [0.2, 0.25) is 0 Å². The number of esters is 1. The van der Waals surface area contributed by atoms with Gasteiger partial charge in [0.25, 0.3) is 0 Å². The number of hydrogen-bond acceptors (Lipinski definition) is 5. The maximum absolute atomic E-state index is 13.4. The first-order chi connectivity index (χ1) is 12.9. The van der Waals surface area contributed by atoms with E-state index in [1.807, 2.05) is 0 Å². The van der Waals surface area contributed by atoms with Crippen LogP contribution in [0, 0.1) is 0 Å². The van der Waals surface area contributed by atoms with Gasteiger partial charge in [0.05, 0.1) is 13.0 Å². The van der Waals surface area contributed by atoms with Crippen molar-refractivity contribution in [2.45, 2.75) is 55.0 Å². The van der Waals surface area contributed by atoms with Crippen molar-refractivity contribution in [3.05, 3.63) is 0 Å². The van der Waals surface area contributed by atoms with Crippen LogP contribution in [0.3, 0.4) is 0 Å². The fraction of sp³-hybridized carbons (Fsp3) is 0.909. The molecule has 180 valence electrons. The SMILES string of the molecule is CCOC(=O)CCC(F)(F)C(F)(F)C(F)(F)C(F)(F)OC(F)(F)C(F)(F)S(=O)(=O)F. The minimum atomic E-state index is -7.84. The highest BCUT2D eigenvalue weighted by Crippen LogP contribution is 2.56. The van der Waals surface area contributed by atoms with Crippen LogP contribution in [0.1, 0.15) is 19.8 Å². The molecule has 19 heteroatoms. The maximum Gasteiger partial charge on any atom is 0.464 e. The smallest absolute Gasteiger partial charge is 0.464 e. The third-order valence-corrected chi connectivity index (χ3v) is 3.92. The van der Waals surface area contributed by atoms with E-state index in [0.717, 1.165) is 6.92 Å². The second kappa shape index (κ2) is 8.19. The van der Waals surface area contributed by atoms with E-state index in [0.29, 0.717) is 0 Å². The van der Waals surface area contributed by atoms with Crippen LogP contribution in [0.5, 0.6) is 0 Å². The average Bonchev–Trinajstić information content (AvgIpc) is 2.50. The minimum absolute atomic E-state index is 0.496. The van der Waals surface area contributed by atoms with Gasteiger partial charge in [0.15, 0.2) is 0 Å². The largest absolute Gasteiger partial charge is 0.466 e. The third kappa shape index (κ3) is 5.02. The van der Waals surface area contributed by atoms with Gasteiger partial charge in [0.2, 0.25) is 0 Å². The van der Waals surface area contributed by atoms with Gasteiger partial charge in [-0.05, 0) is 6.92 Å². The summed E-state index contributed by atoms with van der Waals surface area (Å²) in [5.74, 6) is -23.0. The van der Waals surface area contributed by atoms with Crippen molar-refractivity contribution in [3.63, 3.8) is 0 Å². The summed E-state index contributed by atoms with van der Waals surface area (Å²) < 4.78 is 195. The predicted octanol–water partition coefficient (Wildman–Crippen LogP) is 4.33. The van der Waals surface area contributed by atoms with E-state index in [4.69, 9.17) is 0 Å². The molecule has 0 amide bonds. The summed E-state index contributed by atoms with van der Waals surface area (Å²) in [7, 11) is -7.84. The number of ether oxygens (including phenoxy) is 2. The Morgan fingerprint density at radius 2 is 1.23 bits per heavy atom. The number of carbonyl (C=O) groups is 1. The molecule has 0 aliphatic heterocycles. The lowest BCUT2D eigenvalue weighted by atomic mass is 9.99. The number of hydrogen-bond donors (Lipinski definition) is 0. The van der Waals surface area contributed by atoms with E-state index in [-0.39, 0.29) is 0 Å². The summed E-state index contributed by atoms with van der Waals surface area (Å²) in [6.07, 6.45) is -19.4. The Kier molecular flexibility index (Phi) is 7.77. The van der Waals surface area contributed by atoms with Crippen LogP contribution >= 0.6 is 0 Å². The van der Waals surface area contributed by atoms with Gasteiger partial charge in [0.1, 0.15) is 0 Å². The molecule has 0 saturated carbocycles. The lowest BCUT2D eigenvalue weighted by molar-refractivity contribution is -0.488. The maximum atomic E-state index is 13.4. The highest BCUT2D eigenvalue weighted by Gasteiger charge is 2.84. The van der Waals surface area contributed by atoms with Crippen LogP contribution < -0.4 is 0 Å².